The molecule has 1 atom stereocenters. The van der Waals surface area contributed by atoms with Crippen LogP contribution in [0.5, 0.6) is 5.75 Å². The monoisotopic (exact) mass is 321 g/mol. The number of rotatable bonds is 8. The van der Waals surface area contributed by atoms with Crippen LogP contribution in [0.4, 0.5) is 0 Å². The fourth-order valence-electron chi connectivity index (χ4n) is 1.60. The maximum absolute atomic E-state index is 11.9. The van der Waals surface area contributed by atoms with Gasteiger partial charge in [-0.2, -0.15) is 0 Å². The predicted molar refractivity (Wildman–Crippen MR) is 78.8 cm³/mol. The van der Waals surface area contributed by atoms with Gasteiger partial charge in [0, 0.05) is 13.2 Å². The van der Waals surface area contributed by atoms with Gasteiger partial charge in [-0.05, 0) is 24.6 Å². The Kier molecular flexibility index (Phi) is 6.20. The molecular weight excluding hydrogens is 301 g/mol. The lowest BCUT2D eigenvalue weighted by molar-refractivity contribution is 0.340. The normalized spacial score (nSPS) is 14.8. The molecule has 0 aliphatic rings. The van der Waals surface area contributed by atoms with Gasteiger partial charge in [0.2, 0.25) is 17.4 Å². The van der Waals surface area contributed by atoms with Crippen molar-refractivity contribution in [1.82, 2.24) is 4.72 Å². The van der Waals surface area contributed by atoms with Crippen LogP contribution in [0.1, 0.15) is 12.5 Å². The Bertz CT molecular complexity index is 570. The van der Waals surface area contributed by atoms with Gasteiger partial charge in [-0.3, -0.25) is 4.57 Å². The summed E-state index contributed by atoms with van der Waals surface area (Å²) in [6.45, 7) is 3.36. The van der Waals surface area contributed by atoms with Crippen LogP contribution < -0.4 is 9.46 Å². The van der Waals surface area contributed by atoms with Crippen LogP contribution in [0.3, 0.4) is 0 Å². The Morgan fingerprint density at radius 2 is 1.85 bits per heavy atom. The summed E-state index contributed by atoms with van der Waals surface area (Å²) >= 11 is 0. The van der Waals surface area contributed by atoms with E-state index in [0.717, 1.165) is 5.56 Å². The van der Waals surface area contributed by atoms with Gasteiger partial charge in [0.1, 0.15) is 11.2 Å². The summed E-state index contributed by atoms with van der Waals surface area (Å²) in [5, 5.41) is 0. The molecule has 0 aliphatic heterocycles. The lowest BCUT2D eigenvalue weighted by Gasteiger charge is -2.13. The van der Waals surface area contributed by atoms with Crippen LogP contribution in [0, 0.1) is 0 Å². The summed E-state index contributed by atoms with van der Waals surface area (Å²) < 4.78 is 47.9. The molecule has 8 heteroatoms. The number of ether oxygens (including phenoxy) is 1. The van der Waals surface area contributed by atoms with Gasteiger partial charge in [-0.25, -0.2) is 13.1 Å². The van der Waals surface area contributed by atoms with E-state index in [1.807, 2.05) is 0 Å². The number of hydrogen-bond acceptors (Lipinski definition) is 5. The fraction of sp³-hybridized carbons (Fsp3) is 0.500. The van der Waals surface area contributed by atoms with Crippen molar-refractivity contribution < 1.29 is 22.2 Å². The summed E-state index contributed by atoms with van der Waals surface area (Å²) in [4.78, 5) is 0. The van der Waals surface area contributed by atoms with Gasteiger partial charge in [0.15, 0.2) is 0 Å². The topological polar surface area (TPSA) is 81.7 Å². The summed E-state index contributed by atoms with van der Waals surface area (Å²) in [6.07, 6.45) is 0. The van der Waals surface area contributed by atoms with E-state index >= 15 is 0 Å². The molecule has 1 unspecified atom stereocenters. The minimum atomic E-state index is -3.64. The lowest BCUT2D eigenvalue weighted by atomic mass is 10.2. The first-order valence-electron chi connectivity index (χ1n) is 6.09. The second-order valence-electron chi connectivity index (χ2n) is 4.34. The van der Waals surface area contributed by atoms with E-state index in [1.165, 1.54) is 6.66 Å². The molecule has 6 nitrogen and oxygen atoms in total. The zero-order valence-electron chi connectivity index (χ0n) is 11.8. The molecule has 0 saturated carbocycles. The van der Waals surface area contributed by atoms with Gasteiger partial charge in [-0.15, -0.1) is 0 Å². The summed E-state index contributed by atoms with van der Waals surface area (Å²) in [6, 6.07) is 7.01. The van der Waals surface area contributed by atoms with E-state index in [1.54, 1.807) is 38.3 Å². The standard InChI is InChI=1S/C12H20NO5PS/c1-4-18-19(3,14)10-20(15,16)13-9-11-5-7-12(17-2)8-6-11/h5-8,13H,4,9-10H2,1-3H3. The van der Waals surface area contributed by atoms with Crippen LogP contribution in [0.2, 0.25) is 0 Å². The van der Waals surface area contributed by atoms with Crippen LogP contribution in [0.15, 0.2) is 24.3 Å². The Labute approximate surface area is 120 Å². The largest absolute Gasteiger partial charge is 0.497 e. The predicted octanol–water partition coefficient (Wildman–Crippen LogP) is 2.02. The first-order chi connectivity index (χ1) is 9.28. The molecule has 1 aromatic carbocycles. The molecule has 0 heterocycles. The molecule has 114 valence electrons. The fourth-order valence-corrected chi connectivity index (χ4v) is 5.67. The number of sulfonamides is 1. The Morgan fingerprint density at radius 1 is 1.25 bits per heavy atom. The molecule has 0 aliphatic carbocycles. The van der Waals surface area contributed by atoms with Crippen LogP contribution >= 0.6 is 7.37 Å². The van der Waals surface area contributed by atoms with E-state index in [-0.39, 0.29) is 13.2 Å². The number of nitrogens with one attached hydrogen (secondary N) is 1. The molecule has 1 N–H and O–H groups in total. The molecule has 0 amide bonds. The summed E-state index contributed by atoms with van der Waals surface area (Å²) in [5.41, 5.74) is 0.279. The van der Waals surface area contributed by atoms with Gasteiger partial charge in [0.05, 0.1) is 13.7 Å². The van der Waals surface area contributed by atoms with Crippen LogP contribution in [0.25, 0.3) is 0 Å². The van der Waals surface area contributed by atoms with Gasteiger partial charge in [-0.1, -0.05) is 12.1 Å². The Hall–Kier alpha value is -0.880. The Morgan fingerprint density at radius 3 is 2.35 bits per heavy atom. The molecular formula is C12H20NO5PS. The van der Waals surface area contributed by atoms with Crippen molar-refractivity contribution in [2.45, 2.75) is 13.5 Å². The van der Waals surface area contributed by atoms with E-state index in [2.05, 4.69) is 4.72 Å². The molecule has 0 aromatic heterocycles. The summed E-state index contributed by atoms with van der Waals surface area (Å²) in [7, 11) is -5.20. The van der Waals surface area contributed by atoms with Crippen molar-refractivity contribution in [2.24, 2.45) is 0 Å². The minimum absolute atomic E-state index is 0.137. The van der Waals surface area contributed by atoms with E-state index in [0.29, 0.717) is 5.75 Å². The van der Waals surface area contributed by atoms with Crippen molar-refractivity contribution in [1.29, 1.82) is 0 Å². The average Bonchev–Trinajstić information content (AvgIpc) is 2.35. The van der Waals surface area contributed by atoms with Crippen molar-refractivity contribution in [3.63, 3.8) is 0 Å². The van der Waals surface area contributed by atoms with Crippen molar-refractivity contribution in [2.75, 3.05) is 25.9 Å². The highest BCUT2D eigenvalue weighted by Crippen LogP contribution is 2.43. The zero-order valence-corrected chi connectivity index (χ0v) is 13.5. The molecule has 0 bridgehead atoms. The molecule has 20 heavy (non-hydrogen) atoms. The summed E-state index contributed by atoms with van der Waals surface area (Å²) in [5.74, 6) is 0.700. The number of benzene rings is 1. The highest BCUT2D eigenvalue weighted by atomic mass is 32.2. The van der Waals surface area contributed by atoms with E-state index in [4.69, 9.17) is 9.26 Å². The van der Waals surface area contributed by atoms with Gasteiger partial charge in [0.25, 0.3) is 0 Å². The Balaban J connectivity index is 2.60. The highest BCUT2D eigenvalue weighted by Gasteiger charge is 2.24. The molecule has 0 spiro atoms. The van der Waals surface area contributed by atoms with Crippen molar-refractivity contribution in [3.8, 4) is 5.75 Å². The highest BCUT2D eigenvalue weighted by molar-refractivity contribution is 7.96. The number of methoxy groups -OCH3 is 1. The van der Waals surface area contributed by atoms with Crippen LogP contribution in [-0.2, 0) is 25.7 Å². The molecule has 0 radical (unpaired) electrons. The number of hydrogen-bond donors (Lipinski definition) is 1. The first-order valence-corrected chi connectivity index (χ1v) is 10.0. The SMILES string of the molecule is CCOP(C)(=O)CS(=O)(=O)NCc1ccc(OC)cc1. The third-order valence-electron chi connectivity index (χ3n) is 2.46. The first kappa shape index (κ1) is 17.2. The van der Waals surface area contributed by atoms with Crippen molar-refractivity contribution in [3.05, 3.63) is 29.8 Å². The third-order valence-corrected chi connectivity index (χ3v) is 7.09. The molecule has 0 saturated heterocycles. The van der Waals surface area contributed by atoms with Crippen LogP contribution in [-0.4, -0.2) is 34.3 Å². The quantitative estimate of drug-likeness (QED) is 0.741. The van der Waals surface area contributed by atoms with E-state index < -0.39 is 22.9 Å². The molecule has 1 aromatic rings. The van der Waals surface area contributed by atoms with Gasteiger partial charge < -0.3 is 9.26 Å². The minimum Gasteiger partial charge on any atom is -0.497 e. The zero-order chi connectivity index (χ0) is 15.2. The lowest BCUT2D eigenvalue weighted by Crippen LogP contribution is -2.26. The van der Waals surface area contributed by atoms with Gasteiger partial charge >= 0.3 is 0 Å². The van der Waals surface area contributed by atoms with Crippen molar-refractivity contribution >= 4 is 17.4 Å². The van der Waals surface area contributed by atoms with E-state index in [9.17, 15) is 13.0 Å². The molecule has 1 rings (SSSR count). The second-order valence-corrected chi connectivity index (χ2v) is 9.18. The average molecular weight is 321 g/mol. The third kappa shape index (κ3) is 6.05. The second kappa shape index (κ2) is 7.22. The maximum atomic E-state index is 11.9. The smallest absolute Gasteiger partial charge is 0.221 e. The maximum Gasteiger partial charge on any atom is 0.221 e. The molecule has 0 fully saturated rings.